The van der Waals surface area contributed by atoms with Crippen molar-refractivity contribution in [1.82, 2.24) is 14.1 Å². The van der Waals surface area contributed by atoms with E-state index in [-0.39, 0.29) is 11.3 Å². The van der Waals surface area contributed by atoms with Crippen LogP contribution in [0, 0.1) is 0 Å². The molecule has 0 atom stereocenters. The second kappa shape index (κ2) is 6.42. The first-order chi connectivity index (χ1) is 14.0. The van der Waals surface area contributed by atoms with Gasteiger partial charge in [-0.05, 0) is 36.4 Å². The molecule has 29 heavy (non-hydrogen) atoms. The summed E-state index contributed by atoms with van der Waals surface area (Å²) in [5.74, 6) is -1.04. The minimum absolute atomic E-state index is 0.0332. The number of aromatic carboxylic acids is 1. The number of carboxylic acids is 1. The van der Waals surface area contributed by atoms with E-state index in [9.17, 15) is 9.59 Å². The van der Waals surface area contributed by atoms with Crippen molar-refractivity contribution in [3.8, 4) is 16.3 Å². The lowest BCUT2D eigenvalue weighted by Gasteiger charge is -2.09. The fourth-order valence-corrected chi connectivity index (χ4v) is 4.47. The van der Waals surface area contributed by atoms with E-state index in [0.29, 0.717) is 5.01 Å². The molecule has 0 aliphatic rings. The Hall–Kier alpha value is -3.71. The molecule has 0 bridgehead atoms. The number of hydrogen-bond acceptors (Lipinski definition) is 4. The molecular formula is C22H15N3O3S. The zero-order valence-electron chi connectivity index (χ0n) is 15.4. The number of nitrogens with zero attached hydrogens (tertiary/aromatic N) is 3. The lowest BCUT2D eigenvalue weighted by molar-refractivity contribution is 0.0691. The predicted molar refractivity (Wildman–Crippen MR) is 114 cm³/mol. The van der Waals surface area contributed by atoms with Crippen molar-refractivity contribution >= 4 is 39.2 Å². The van der Waals surface area contributed by atoms with Crippen molar-refractivity contribution < 1.29 is 9.90 Å². The van der Waals surface area contributed by atoms with E-state index >= 15 is 0 Å². The summed E-state index contributed by atoms with van der Waals surface area (Å²) >= 11 is 1.28. The van der Waals surface area contributed by atoms with E-state index in [4.69, 9.17) is 5.11 Å². The molecule has 0 saturated heterocycles. The van der Waals surface area contributed by atoms with Gasteiger partial charge < -0.3 is 9.67 Å². The molecule has 2 aromatic carbocycles. The first-order valence-electron chi connectivity index (χ1n) is 8.93. The number of fused-ring (bicyclic) bond motifs is 3. The topological polar surface area (TPSA) is 77.1 Å². The van der Waals surface area contributed by atoms with Gasteiger partial charge in [0.05, 0.1) is 16.6 Å². The van der Waals surface area contributed by atoms with Crippen LogP contribution in [0.1, 0.15) is 10.5 Å². The van der Waals surface area contributed by atoms with Gasteiger partial charge in [0, 0.05) is 35.1 Å². The average Bonchev–Trinajstić information content (AvgIpc) is 3.33. The van der Waals surface area contributed by atoms with Crippen molar-refractivity contribution in [3.63, 3.8) is 0 Å². The minimum atomic E-state index is -1.04. The average molecular weight is 401 g/mol. The number of para-hydroxylation sites is 1. The van der Waals surface area contributed by atoms with Gasteiger partial charge in [-0.1, -0.05) is 18.2 Å². The molecular weight excluding hydrogens is 386 g/mol. The number of benzene rings is 2. The maximum atomic E-state index is 12.8. The van der Waals surface area contributed by atoms with Crippen LogP contribution >= 0.6 is 11.3 Å². The fraction of sp³-hybridized carbons (Fsp3) is 0.0455. The van der Waals surface area contributed by atoms with Gasteiger partial charge >= 0.3 is 5.97 Å². The zero-order chi connectivity index (χ0) is 20.1. The first kappa shape index (κ1) is 17.4. The van der Waals surface area contributed by atoms with Crippen LogP contribution in [-0.2, 0) is 7.05 Å². The summed E-state index contributed by atoms with van der Waals surface area (Å²) in [5.41, 5.74) is 4.38. The predicted octanol–water partition coefficient (Wildman–Crippen LogP) is 4.30. The largest absolute Gasteiger partial charge is 0.476 e. The highest BCUT2D eigenvalue weighted by molar-refractivity contribution is 7.13. The number of rotatable bonds is 3. The molecule has 5 rings (SSSR count). The van der Waals surface area contributed by atoms with Gasteiger partial charge in [-0.3, -0.25) is 9.36 Å². The molecule has 0 saturated carbocycles. The highest BCUT2D eigenvalue weighted by Crippen LogP contribution is 2.30. The summed E-state index contributed by atoms with van der Waals surface area (Å²) in [6, 6.07) is 18.9. The number of thiazole rings is 1. The SMILES string of the molecule is Cn1c2ccccc2c2c1ccc(=O)n2-c1ccc(-c2nc(C(=O)O)cs2)cc1. The molecule has 0 amide bonds. The fourth-order valence-electron chi connectivity index (χ4n) is 3.67. The third-order valence-electron chi connectivity index (χ3n) is 5.05. The van der Waals surface area contributed by atoms with Crippen molar-refractivity contribution in [2.45, 2.75) is 0 Å². The summed E-state index contributed by atoms with van der Waals surface area (Å²) in [5, 5.41) is 12.2. The van der Waals surface area contributed by atoms with Crippen LogP contribution in [0.5, 0.6) is 0 Å². The van der Waals surface area contributed by atoms with Gasteiger partial charge in [0.25, 0.3) is 5.56 Å². The second-order valence-corrected chi connectivity index (χ2v) is 7.57. The summed E-state index contributed by atoms with van der Waals surface area (Å²) < 4.78 is 3.80. The van der Waals surface area contributed by atoms with Gasteiger partial charge in [0.2, 0.25) is 0 Å². The molecule has 0 aliphatic carbocycles. The monoisotopic (exact) mass is 401 g/mol. The maximum Gasteiger partial charge on any atom is 0.355 e. The Morgan fingerprint density at radius 1 is 1.00 bits per heavy atom. The van der Waals surface area contributed by atoms with Crippen LogP contribution in [0.4, 0.5) is 0 Å². The third-order valence-corrected chi connectivity index (χ3v) is 5.94. The molecule has 0 spiro atoms. The maximum absolute atomic E-state index is 12.8. The number of pyridine rings is 1. The normalized spacial score (nSPS) is 11.3. The van der Waals surface area contributed by atoms with Gasteiger partial charge in [-0.2, -0.15) is 0 Å². The number of aryl methyl sites for hydroxylation is 1. The molecule has 0 unspecified atom stereocenters. The molecule has 6 nitrogen and oxygen atoms in total. The quantitative estimate of drug-likeness (QED) is 0.489. The van der Waals surface area contributed by atoms with E-state index in [1.54, 1.807) is 10.6 Å². The van der Waals surface area contributed by atoms with Gasteiger partial charge in [0.15, 0.2) is 5.69 Å². The summed E-state index contributed by atoms with van der Waals surface area (Å²) in [6.45, 7) is 0. The second-order valence-electron chi connectivity index (χ2n) is 6.71. The van der Waals surface area contributed by atoms with Gasteiger partial charge in [-0.25, -0.2) is 9.78 Å². The van der Waals surface area contributed by atoms with Crippen LogP contribution in [0.3, 0.4) is 0 Å². The van der Waals surface area contributed by atoms with Crippen molar-refractivity contribution in [1.29, 1.82) is 0 Å². The summed E-state index contributed by atoms with van der Waals surface area (Å²) in [6.07, 6.45) is 0. The van der Waals surface area contributed by atoms with Crippen LogP contribution in [0.15, 0.2) is 70.8 Å². The zero-order valence-corrected chi connectivity index (χ0v) is 16.2. The lowest BCUT2D eigenvalue weighted by atomic mass is 10.2. The number of carbonyl (C=O) groups is 1. The van der Waals surface area contributed by atoms with Crippen LogP contribution in [0.2, 0.25) is 0 Å². The molecule has 1 N–H and O–H groups in total. The molecule has 0 aliphatic heterocycles. The lowest BCUT2D eigenvalue weighted by Crippen LogP contribution is -2.17. The van der Waals surface area contributed by atoms with Gasteiger partial charge in [-0.15, -0.1) is 11.3 Å². The summed E-state index contributed by atoms with van der Waals surface area (Å²) in [7, 11) is 1.99. The van der Waals surface area contributed by atoms with E-state index < -0.39 is 5.97 Å². The Labute approximate surface area is 168 Å². The highest BCUT2D eigenvalue weighted by Gasteiger charge is 2.15. The minimum Gasteiger partial charge on any atom is -0.476 e. The Bertz CT molecular complexity index is 1460. The number of aromatic nitrogens is 3. The Morgan fingerprint density at radius 3 is 2.48 bits per heavy atom. The molecule has 0 fully saturated rings. The molecule has 3 aromatic heterocycles. The van der Waals surface area contributed by atoms with Gasteiger partial charge in [0.1, 0.15) is 5.01 Å². The van der Waals surface area contributed by atoms with E-state index in [1.807, 2.05) is 61.6 Å². The first-order valence-corrected chi connectivity index (χ1v) is 9.81. The Kier molecular flexibility index (Phi) is 3.85. The van der Waals surface area contributed by atoms with E-state index in [1.165, 1.54) is 16.7 Å². The third kappa shape index (κ3) is 2.67. The standard InChI is InChI=1S/C22H15N3O3S/c1-24-17-5-3-2-4-15(17)20-18(24)10-11-19(26)25(20)14-8-6-13(7-9-14)21-23-16(12-29-21)22(27)28/h2-12H,1H3,(H,27,28). The van der Waals surface area contributed by atoms with Crippen molar-refractivity contribution in [2.24, 2.45) is 7.05 Å². The van der Waals surface area contributed by atoms with Crippen LogP contribution < -0.4 is 5.56 Å². The summed E-state index contributed by atoms with van der Waals surface area (Å²) in [4.78, 5) is 28.0. The number of carboxylic acid groups (broad SMARTS) is 1. The number of hydrogen-bond donors (Lipinski definition) is 1. The molecule has 142 valence electrons. The molecule has 0 radical (unpaired) electrons. The molecule has 7 heteroatoms. The van der Waals surface area contributed by atoms with Crippen molar-refractivity contribution in [2.75, 3.05) is 0 Å². The van der Waals surface area contributed by atoms with Crippen molar-refractivity contribution in [3.05, 3.63) is 82.1 Å². The highest BCUT2D eigenvalue weighted by atomic mass is 32.1. The van der Waals surface area contributed by atoms with Crippen LogP contribution in [-0.4, -0.2) is 25.2 Å². The Morgan fingerprint density at radius 2 is 1.76 bits per heavy atom. The molecule has 5 aromatic rings. The smallest absolute Gasteiger partial charge is 0.355 e. The Balaban J connectivity index is 1.69. The van der Waals surface area contributed by atoms with E-state index in [0.717, 1.165) is 33.2 Å². The van der Waals surface area contributed by atoms with E-state index in [2.05, 4.69) is 9.55 Å². The van der Waals surface area contributed by atoms with Crippen LogP contribution in [0.25, 0.3) is 38.2 Å². The molecule has 3 heterocycles.